The topological polar surface area (TPSA) is 80.0 Å². The van der Waals surface area contributed by atoms with Gasteiger partial charge in [0.1, 0.15) is 11.3 Å². The van der Waals surface area contributed by atoms with Crippen LogP contribution in [0.25, 0.3) is 0 Å². The van der Waals surface area contributed by atoms with Gasteiger partial charge in [-0.25, -0.2) is 4.79 Å². The molecule has 0 saturated carbocycles. The Hall–Kier alpha value is -2.11. The minimum Gasteiger partial charge on any atom is -0.494 e. The van der Waals surface area contributed by atoms with E-state index < -0.39 is 5.97 Å². The number of carbonyl (C=O) groups is 1. The molecule has 1 aromatic carbocycles. The third kappa shape index (κ3) is 2.42. The molecule has 0 atom stereocenters. The van der Waals surface area contributed by atoms with Crippen molar-refractivity contribution in [2.75, 3.05) is 33.7 Å². The zero-order valence-electron chi connectivity index (χ0n) is 10.9. The number of esters is 1. The van der Waals surface area contributed by atoms with Gasteiger partial charge in [-0.2, -0.15) is 0 Å². The van der Waals surface area contributed by atoms with Crippen molar-refractivity contribution in [2.24, 2.45) is 0 Å². The zero-order valence-corrected chi connectivity index (χ0v) is 10.9. The van der Waals surface area contributed by atoms with E-state index >= 15 is 0 Å². The molecule has 0 aliphatic heterocycles. The van der Waals surface area contributed by atoms with Crippen molar-refractivity contribution in [3.05, 3.63) is 11.6 Å². The number of rotatable bonds is 5. The minimum absolute atomic E-state index is 0.197. The average Bonchev–Trinajstić information content (AvgIpc) is 2.37. The predicted octanol–water partition coefficient (Wildman–Crippen LogP) is 1.47. The Morgan fingerprint density at radius 2 is 1.78 bits per heavy atom. The number of ether oxygens (including phenoxy) is 4. The lowest BCUT2D eigenvalue weighted by Gasteiger charge is -2.16. The Labute approximate surface area is 106 Å². The Bertz CT molecular complexity index is 445. The maximum atomic E-state index is 11.8. The fourth-order valence-electron chi connectivity index (χ4n) is 1.59. The molecule has 0 spiro atoms. The summed E-state index contributed by atoms with van der Waals surface area (Å²) in [5, 5.41) is 0. The summed E-state index contributed by atoms with van der Waals surface area (Å²) >= 11 is 0. The molecule has 18 heavy (non-hydrogen) atoms. The predicted molar refractivity (Wildman–Crippen MR) is 66.5 cm³/mol. The number of hydrogen-bond acceptors (Lipinski definition) is 6. The number of nitrogen functional groups attached to an aromatic ring is 1. The number of hydrogen-bond donors (Lipinski definition) is 1. The van der Waals surface area contributed by atoms with Crippen LogP contribution < -0.4 is 19.9 Å². The van der Waals surface area contributed by atoms with Crippen molar-refractivity contribution in [3.63, 3.8) is 0 Å². The third-order valence-electron chi connectivity index (χ3n) is 2.36. The molecule has 0 bridgehead atoms. The van der Waals surface area contributed by atoms with Crippen LogP contribution >= 0.6 is 0 Å². The van der Waals surface area contributed by atoms with E-state index in [0.29, 0.717) is 11.5 Å². The Balaban J connectivity index is 3.42. The van der Waals surface area contributed by atoms with Crippen molar-refractivity contribution >= 4 is 11.7 Å². The second-order valence-corrected chi connectivity index (χ2v) is 3.33. The maximum Gasteiger partial charge on any atom is 0.342 e. The molecule has 0 radical (unpaired) electrons. The fraction of sp³-hybridized carbons (Fsp3) is 0.417. The van der Waals surface area contributed by atoms with E-state index in [-0.39, 0.29) is 23.6 Å². The summed E-state index contributed by atoms with van der Waals surface area (Å²) in [6.45, 7) is 1.98. The van der Waals surface area contributed by atoms with Crippen LogP contribution in [0, 0.1) is 0 Å². The van der Waals surface area contributed by atoms with E-state index in [0.717, 1.165) is 0 Å². The smallest absolute Gasteiger partial charge is 0.342 e. The van der Waals surface area contributed by atoms with Gasteiger partial charge in [0.15, 0.2) is 17.2 Å². The highest BCUT2D eigenvalue weighted by molar-refractivity contribution is 5.96. The summed E-state index contributed by atoms with van der Waals surface area (Å²) in [5.41, 5.74) is 6.28. The number of carbonyl (C=O) groups excluding carboxylic acids is 1. The van der Waals surface area contributed by atoms with Gasteiger partial charge in [-0.05, 0) is 6.92 Å². The van der Waals surface area contributed by atoms with E-state index in [4.69, 9.17) is 24.7 Å². The summed E-state index contributed by atoms with van der Waals surface area (Å²) in [7, 11) is 4.33. The molecule has 100 valence electrons. The van der Waals surface area contributed by atoms with Crippen molar-refractivity contribution in [2.45, 2.75) is 6.92 Å². The van der Waals surface area contributed by atoms with Crippen LogP contribution in [-0.4, -0.2) is 33.9 Å². The highest BCUT2D eigenvalue weighted by atomic mass is 16.5. The molecule has 0 fully saturated rings. The van der Waals surface area contributed by atoms with Gasteiger partial charge >= 0.3 is 5.97 Å². The van der Waals surface area contributed by atoms with Crippen LogP contribution in [0.3, 0.4) is 0 Å². The molecule has 0 amide bonds. The van der Waals surface area contributed by atoms with Gasteiger partial charge in [-0.1, -0.05) is 0 Å². The first-order valence-corrected chi connectivity index (χ1v) is 5.36. The highest BCUT2D eigenvalue weighted by Gasteiger charge is 2.23. The van der Waals surface area contributed by atoms with Crippen molar-refractivity contribution < 1.29 is 23.7 Å². The largest absolute Gasteiger partial charge is 0.494 e. The molecule has 0 aliphatic carbocycles. The monoisotopic (exact) mass is 255 g/mol. The third-order valence-corrected chi connectivity index (χ3v) is 2.36. The van der Waals surface area contributed by atoms with Crippen LogP contribution in [0.4, 0.5) is 5.69 Å². The lowest BCUT2D eigenvalue weighted by atomic mass is 10.1. The molecule has 0 aliphatic rings. The zero-order chi connectivity index (χ0) is 13.7. The second kappa shape index (κ2) is 6.00. The van der Waals surface area contributed by atoms with Crippen molar-refractivity contribution in [3.8, 4) is 17.2 Å². The minimum atomic E-state index is -0.526. The van der Waals surface area contributed by atoms with Gasteiger partial charge in [-0.3, -0.25) is 0 Å². The Kier molecular flexibility index (Phi) is 4.65. The number of methoxy groups -OCH3 is 3. The van der Waals surface area contributed by atoms with Crippen molar-refractivity contribution in [1.29, 1.82) is 0 Å². The summed E-state index contributed by atoms with van der Waals surface area (Å²) in [6, 6.07) is 1.48. The van der Waals surface area contributed by atoms with Gasteiger partial charge < -0.3 is 24.7 Å². The Morgan fingerprint density at radius 1 is 1.17 bits per heavy atom. The molecular weight excluding hydrogens is 238 g/mol. The Morgan fingerprint density at radius 3 is 2.22 bits per heavy atom. The number of nitrogens with two attached hydrogens (primary N) is 1. The molecule has 0 heterocycles. The highest BCUT2D eigenvalue weighted by Crippen LogP contribution is 2.42. The summed E-state index contributed by atoms with van der Waals surface area (Å²) in [6.07, 6.45) is 0. The average molecular weight is 255 g/mol. The van der Waals surface area contributed by atoms with Crippen LogP contribution in [0.2, 0.25) is 0 Å². The van der Waals surface area contributed by atoms with Gasteiger partial charge in [0.2, 0.25) is 0 Å². The van der Waals surface area contributed by atoms with Gasteiger partial charge in [0, 0.05) is 6.07 Å². The quantitative estimate of drug-likeness (QED) is 0.634. The fourth-order valence-corrected chi connectivity index (χ4v) is 1.59. The van der Waals surface area contributed by atoms with Crippen LogP contribution in [0.15, 0.2) is 6.07 Å². The van der Waals surface area contributed by atoms with Crippen LogP contribution in [-0.2, 0) is 4.74 Å². The molecule has 0 saturated heterocycles. The molecule has 0 aromatic heterocycles. The summed E-state index contributed by atoms with van der Waals surface area (Å²) in [5.74, 6) is 0.356. The maximum absolute atomic E-state index is 11.8. The van der Waals surface area contributed by atoms with E-state index in [2.05, 4.69) is 0 Å². The SMILES string of the molecule is CCOC(=O)c1cc(OC)c(OC)c(N)c1OC. The molecule has 1 aromatic rings. The first kappa shape index (κ1) is 14.0. The van der Waals surface area contributed by atoms with Crippen molar-refractivity contribution in [1.82, 2.24) is 0 Å². The van der Waals surface area contributed by atoms with E-state index in [1.54, 1.807) is 6.92 Å². The summed E-state index contributed by atoms with van der Waals surface area (Å²) in [4.78, 5) is 11.8. The standard InChI is InChI=1S/C12H17NO5/c1-5-18-12(14)7-6-8(15-2)11(17-4)9(13)10(7)16-3/h6H,5,13H2,1-4H3. The van der Waals surface area contributed by atoms with Gasteiger partial charge in [0.25, 0.3) is 0 Å². The van der Waals surface area contributed by atoms with E-state index in [1.807, 2.05) is 0 Å². The van der Waals surface area contributed by atoms with Gasteiger partial charge in [0.05, 0.1) is 27.9 Å². The van der Waals surface area contributed by atoms with E-state index in [1.165, 1.54) is 27.4 Å². The number of benzene rings is 1. The normalized spacial score (nSPS) is 9.78. The molecule has 1 rings (SSSR count). The lowest BCUT2D eigenvalue weighted by Crippen LogP contribution is -2.10. The lowest BCUT2D eigenvalue weighted by molar-refractivity contribution is 0.0522. The first-order chi connectivity index (χ1) is 8.60. The second-order valence-electron chi connectivity index (χ2n) is 3.33. The van der Waals surface area contributed by atoms with Crippen LogP contribution in [0.1, 0.15) is 17.3 Å². The molecular formula is C12H17NO5. The first-order valence-electron chi connectivity index (χ1n) is 5.36. The molecule has 0 unspecified atom stereocenters. The molecule has 6 nitrogen and oxygen atoms in total. The summed E-state index contributed by atoms with van der Waals surface area (Å²) < 4.78 is 20.3. The van der Waals surface area contributed by atoms with E-state index in [9.17, 15) is 4.79 Å². The number of anilines is 1. The molecule has 2 N–H and O–H groups in total. The van der Waals surface area contributed by atoms with Gasteiger partial charge in [-0.15, -0.1) is 0 Å². The molecule has 6 heteroatoms. The van der Waals surface area contributed by atoms with Crippen LogP contribution in [0.5, 0.6) is 17.2 Å².